The zero-order chi connectivity index (χ0) is 27.9. The second kappa shape index (κ2) is 8.86. The van der Waals surface area contributed by atoms with Crippen molar-refractivity contribution in [2.75, 3.05) is 26.2 Å². The lowest BCUT2D eigenvalue weighted by Crippen LogP contribution is -2.70. The molecule has 4 heterocycles. The van der Waals surface area contributed by atoms with Crippen LogP contribution >= 0.6 is 0 Å². The van der Waals surface area contributed by atoms with E-state index in [1.165, 1.54) is 26.0 Å². The van der Waals surface area contributed by atoms with Crippen molar-refractivity contribution in [2.24, 2.45) is 5.92 Å². The standard InChI is InChI=1S/C28H35F3N4O4/c1-16-4-7-20(36)24-23(16)26-8-10-33(13-19-5-6-19)18(3)27(26,38)9-11-34(14-21(26)39-24)22(37)15-35-12-17(2)25(32-35)28(29,30)31/h4,7,12,18-19,21,36,38H,5-6,8-11,13-15H2,1-3H3/t18?,21-,26?,27?/m0/s1. The molecule has 39 heavy (non-hydrogen) atoms. The van der Waals surface area contributed by atoms with E-state index in [1.54, 1.807) is 11.0 Å². The summed E-state index contributed by atoms with van der Waals surface area (Å²) in [7, 11) is 0. The number of amides is 1. The van der Waals surface area contributed by atoms with Gasteiger partial charge in [-0.1, -0.05) is 6.07 Å². The van der Waals surface area contributed by atoms with E-state index in [0.717, 1.165) is 28.9 Å². The van der Waals surface area contributed by atoms with Crippen LogP contribution in [0, 0.1) is 19.8 Å². The summed E-state index contributed by atoms with van der Waals surface area (Å²) in [5, 5.41) is 27.1. The van der Waals surface area contributed by atoms with E-state index in [0.29, 0.717) is 18.1 Å². The third-order valence-electron chi connectivity index (χ3n) is 9.61. The number of halogens is 3. The Hall–Kier alpha value is -2.79. The van der Waals surface area contributed by atoms with Crippen LogP contribution in [0.5, 0.6) is 11.5 Å². The van der Waals surface area contributed by atoms with Crippen molar-refractivity contribution >= 4 is 5.91 Å². The minimum absolute atomic E-state index is 0.00182. The maximum absolute atomic E-state index is 13.5. The van der Waals surface area contributed by atoms with Gasteiger partial charge in [0.15, 0.2) is 17.2 Å². The number of piperidine rings is 1. The number of nitrogens with zero attached hydrogens (tertiary/aromatic N) is 4. The number of ether oxygens (including phenoxy) is 1. The van der Waals surface area contributed by atoms with Crippen molar-refractivity contribution in [1.29, 1.82) is 0 Å². The number of fused-ring (bicyclic) bond motifs is 1. The van der Waals surface area contributed by atoms with Crippen molar-refractivity contribution in [1.82, 2.24) is 19.6 Å². The third kappa shape index (κ3) is 4.03. The molecular weight excluding hydrogens is 513 g/mol. The molecule has 11 heteroatoms. The van der Waals surface area contributed by atoms with Crippen LogP contribution in [0.15, 0.2) is 18.3 Å². The maximum atomic E-state index is 13.5. The number of carbonyl (C=O) groups is 1. The fourth-order valence-corrected chi connectivity index (χ4v) is 7.38. The van der Waals surface area contributed by atoms with Crippen LogP contribution < -0.4 is 4.74 Å². The molecule has 212 valence electrons. The summed E-state index contributed by atoms with van der Waals surface area (Å²) in [6.45, 7) is 7.02. The van der Waals surface area contributed by atoms with Gasteiger partial charge >= 0.3 is 6.18 Å². The number of phenolic OH excluding ortho intramolecular Hbond substituents is 1. The van der Waals surface area contributed by atoms with Gasteiger partial charge in [0.05, 0.1) is 17.6 Å². The number of likely N-dealkylation sites (tertiary alicyclic amines) is 2. The average molecular weight is 549 g/mol. The average Bonchev–Trinajstić information content (AvgIpc) is 3.53. The highest BCUT2D eigenvalue weighted by Gasteiger charge is 2.68. The zero-order valence-corrected chi connectivity index (χ0v) is 22.5. The van der Waals surface area contributed by atoms with Crippen molar-refractivity contribution in [2.45, 2.75) is 82.3 Å². The summed E-state index contributed by atoms with van der Waals surface area (Å²) in [6.07, 6.45) is -0.711. The Labute approximate surface area is 225 Å². The van der Waals surface area contributed by atoms with E-state index in [9.17, 15) is 28.2 Å². The van der Waals surface area contributed by atoms with Crippen LogP contribution in [0.2, 0.25) is 0 Å². The number of carbonyl (C=O) groups excluding carboxylic acids is 1. The Morgan fingerprint density at radius 3 is 2.59 bits per heavy atom. The lowest BCUT2D eigenvalue weighted by atomic mass is 9.56. The van der Waals surface area contributed by atoms with E-state index in [4.69, 9.17) is 4.74 Å². The molecule has 3 fully saturated rings. The number of hydrogen-bond acceptors (Lipinski definition) is 6. The molecule has 3 aliphatic heterocycles. The Balaban J connectivity index is 1.35. The molecule has 1 spiro atoms. The third-order valence-corrected chi connectivity index (χ3v) is 9.61. The van der Waals surface area contributed by atoms with Crippen molar-refractivity contribution in [3.8, 4) is 11.5 Å². The van der Waals surface area contributed by atoms with Crippen LogP contribution in [0.25, 0.3) is 0 Å². The lowest BCUT2D eigenvalue weighted by Gasteiger charge is -2.57. The Morgan fingerprint density at radius 1 is 1.18 bits per heavy atom. The largest absolute Gasteiger partial charge is 0.504 e. The molecule has 4 atom stereocenters. The number of aryl methyl sites for hydroxylation is 2. The maximum Gasteiger partial charge on any atom is 0.435 e. The van der Waals surface area contributed by atoms with Gasteiger partial charge in [-0.25, -0.2) is 0 Å². The number of phenols is 1. The highest BCUT2D eigenvalue weighted by atomic mass is 19.4. The molecule has 1 aliphatic carbocycles. The van der Waals surface area contributed by atoms with Crippen molar-refractivity contribution in [3.63, 3.8) is 0 Å². The first-order valence-electron chi connectivity index (χ1n) is 13.7. The fraction of sp³-hybridized carbons (Fsp3) is 0.643. The molecule has 1 aromatic heterocycles. The molecule has 0 radical (unpaired) electrons. The van der Waals surface area contributed by atoms with Crippen LogP contribution in [0.4, 0.5) is 13.2 Å². The van der Waals surface area contributed by atoms with Gasteiger partial charge in [0.1, 0.15) is 12.6 Å². The number of alkyl halides is 3. The van der Waals surface area contributed by atoms with Gasteiger partial charge in [0.2, 0.25) is 5.91 Å². The summed E-state index contributed by atoms with van der Waals surface area (Å²) < 4.78 is 47.3. The first-order valence-corrected chi connectivity index (χ1v) is 13.7. The summed E-state index contributed by atoms with van der Waals surface area (Å²) in [5.74, 6) is 0.597. The number of aliphatic hydroxyl groups is 1. The quantitative estimate of drug-likeness (QED) is 0.609. The second-order valence-corrected chi connectivity index (χ2v) is 11.9. The zero-order valence-electron chi connectivity index (χ0n) is 22.5. The second-order valence-electron chi connectivity index (χ2n) is 11.9. The summed E-state index contributed by atoms with van der Waals surface area (Å²) in [5.41, 5.74) is -1.43. The first kappa shape index (κ1) is 26.4. The molecule has 2 saturated heterocycles. The van der Waals surface area contributed by atoms with Crippen molar-refractivity contribution < 1.29 is 32.9 Å². The highest BCUT2D eigenvalue weighted by Crippen LogP contribution is 2.60. The molecule has 0 bridgehead atoms. The van der Waals surface area contributed by atoms with Gasteiger partial charge in [0.25, 0.3) is 0 Å². The Bertz CT molecular complexity index is 1310. The molecule has 1 aromatic carbocycles. The molecule has 2 aromatic rings. The number of benzene rings is 1. The van der Waals surface area contributed by atoms with E-state index >= 15 is 0 Å². The first-order chi connectivity index (χ1) is 18.3. The number of aromatic hydroxyl groups is 1. The SMILES string of the molecule is Cc1cn(CC(=O)N2CCC3(O)C(C)N(CC4CC4)CCC34c3c(C)ccc(O)c3O[C@H]4C2)nc1C(F)(F)F. The molecule has 4 aliphatic rings. The minimum atomic E-state index is -4.60. The highest BCUT2D eigenvalue weighted by molar-refractivity contribution is 5.76. The van der Waals surface area contributed by atoms with E-state index in [1.807, 2.05) is 19.9 Å². The van der Waals surface area contributed by atoms with E-state index in [2.05, 4.69) is 10.00 Å². The topological polar surface area (TPSA) is 91.1 Å². The monoisotopic (exact) mass is 548 g/mol. The van der Waals surface area contributed by atoms with Gasteiger partial charge in [0, 0.05) is 30.9 Å². The molecule has 1 amide bonds. The summed E-state index contributed by atoms with van der Waals surface area (Å²) in [4.78, 5) is 17.4. The molecule has 2 N–H and O–H groups in total. The molecule has 8 nitrogen and oxygen atoms in total. The van der Waals surface area contributed by atoms with Crippen molar-refractivity contribution in [3.05, 3.63) is 40.7 Å². The lowest BCUT2D eigenvalue weighted by molar-refractivity contribution is -0.151. The van der Waals surface area contributed by atoms with Crippen LogP contribution in [0.3, 0.4) is 0 Å². The van der Waals surface area contributed by atoms with E-state index < -0.39 is 34.9 Å². The van der Waals surface area contributed by atoms with Gasteiger partial charge in [-0.3, -0.25) is 14.4 Å². The fourth-order valence-electron chi connectivity index (χ4n) is 7.38. The smallest absolute Gasteiger partial charge is 0.435 e. The van der Waals surface area contributed by atoms with Gasteiger partial charge < -0.3 is 19.8 Å². The molecule has 6 rings (SSSR count). The van der Waals surface area contributed by atoms with Crippen LogP contribution in [-0.4, -0.2) is 79.6 Å². The van der Waals surface area contributed by atoms with Crippen LogP contribution in [0.1, 0.15) is 55.0 Å². The van der Waals surface area contributed by atoms with Crippen LogP contribution in [-0.2, 0) is 22.9 Å². The minimum Gasteiger partial charge on any atom is -0.504 e. The van der Waals surface area contributed by atoms with Gasteiger partial charge in [-0.2, -0.15) is 18.3 Å². The Kier molecular flexibility index (Phi) is 6.00. The summed E-state index contributed by atoms with van der Waals surface area (Å²) >= 11 is 0. The predicted octanol–water partition coefficient (Wildman–Crippen LogP) is 3.39. The number of hydrogen-bond donors (Lipinski definition) is 2. The van der Waals surface area contributed by atoms with E-state index in [-0.39, 0.29) is 43.4 Å². The molecule has 1 saturated carbocycles. The number of rotatable bonds is 4. The van der Waals surface area contributed by atoms with Gasteiger partial charge in [-0.05, 0) is 76.1 Å². The molecule has 3 unspecified atom stereocenters. The Morgan fingerprint density at radius 2 is 1.92 bits per heavy atom. The number of aromatic nitrogens is 2. The van der Waals surface area contributed by atoms with Gasteiger partial charge in [-0.15, -0.1) is 0 Å². The predicted molar refractivity (Wildman–Crippen MR) is 135 cm³/mol. The molecular formula is C28H35F3N4O4. The normalized spacial score (nSPS) is 30.8. The summed E-state index contributed by atoms with van der Waals surface area (Å²) in [6, 6.07) is 3.20.